The quantitative estimate of drug-likeness (QED) is 0.687. The van der Waals surface area contributed by atoms with Gasteiger partial charge in [-0.25, -0.2) is 4.79 Å². The summed E-state index contributed by atoms with van der Waals surface area (Å²) in [6.07, 6.45) is 0. The molecule has 0 bridgehead atoms. The largest absolute Gasteiger partial charge is 0.478 e. The van der Waals surface area contributed by atoms with Gasteiger partial charge in [0.25, 0.3) is 0 Å². The van der Waals surface area contributed by atoms with Gasteiger partial charge >= 0.3 is 5.97 Å². The molecule has 3 nitrogen and oxygen atoms in total. The minimum absolute atomic E-state index is 0.276. The van der Waals surface area contributed by atoms with Gasteiger partial charge in [-0.15, -0.1) is 0 Å². The number of aromatic amines is 1. The number of halogens is 1. The summed E-state index contributed by atoms with van der Waals surface area (Å²) in [5, 5.41) is 11.4. The van der Waals surface area contributed by atoms with Gasteiger partial charge in [0, 0.05) is 26.8 Å². The first-order valence-corrected chi connectivity index (χ1v) is 5.47. The topological polar surface area (TPSA) is 53.1 Å². The van der Waals surface area contributed by atoms with E-state index in [9.17, 15) is 4.79 Å². The Hall–Kier alpha value is -2.00. The number of carbonyl (C=O) groups is 1. The molecule has 0 aliphatic heterocycles. The van der Waals surface area contributed by atoms with Crippen molar-refractivity contribution in [2.75, 3.05) is 0 Å². The van der Waals surface area contributed by atoms with Crippen molar-refractivity contribution in [3.05, 3.63) is 47.0 Å². The fourth-order valence-electron chi connectivity index (χ4n) is 2.00. The smallest absolute Gasteiger partial charge is 0.335 e. The van der Waals surface area contributed by atoms with Crippen LogP contribution in [0.2, 0.25) is 5.02 Å². The third-order valence-corrected chi connectivity index (χ3v) is 3.04. The zero-order chi connectivity index (χ0) is 12.0. The van der Waals surface area contributed by atoms with Crippen LogP contribution in [0.4, 0.5) is 0 Å². The Balaban J connectivity index is 2.43. The van der Waals surface area contributed by atoms with Crippen molar-refractivity contribution in [2.45, 2.75) is 0 Å². The van der Waals surface area contributed by atoms with Gasteiger partial charge in [-0.05, 0) is 36.4 Å². The summed E-state index contributed by atoms with van der Waals surface area (Å²) in [5.74, 6) is -0.928. The molecule has 0 fully saturated rings. The van der Waals surface area contributed by atoms with E-state index in [1.165, 1.54) is 0 Å². The first-order chi connectivity index (χ1) is 8.15. The van der Waals surface area contributed by atoms with Crippen LogP contribution in [0.3, 0.4) is 0 Å². The standard InChI is InChI=1S/C13H8ClNO2/c14-8-2-4-12-10(6-8)9-5-7(13(16)17)1-3-11(9)15-12/h1-6,15H,(H,16,17). The Labute approximate surface area is 102 Å². The predicted octanol–water partition coefficient (Wildman–Crippen LogP) is 3.67. The van der Waals surface area contributed by atoms with Crippen LogP contribution in [-0.2, 0) is 0 Å². The number of carboxylic acid groups (broad SMARTS) is 1. The fraction of sp³-hybridized carbons (Fsp3) is 0. The highest BCUT2D eigenvalue weighted by molar-refractivity contribution is 6.31. The van der Waals surface area contributed by atoms with Gasteiger partial charge in [0.15, 0.2) is 0 Å². The predicted molar refractivity (Wildman–Crippen MR) is 67.8 cm³/mol. The minimum Gasteiger partial charge on any atom is -0.478 e. The molecule has 4 heteroatoms. The molecule has 84 valence electrons. The normalized spacial score (nSPS) is 11.1. The summed E-state index contributed by atoms with van der Waals surface area (Å²) in [7, 11) is 0. The molecule has 0 saturated heterocycles. The van der Waals surface area contributed by atoms with Gasteiger partial charge in [0.2, 0.25) is 0 Å². The number of aromatic carboxylic acids is 1. The molecule has 3 aromatic rings. The number of hydrogen-bond acceptors (Lipinski definition) is 1. The highest BCUT2D eigenvalue weighted by Crippen LogP contribution is 2.28. The lowest BCUT2D eigenvalue weighted by Crippen LogP contribution is -1.94. The number of aromatic nitrogens is 1. The zero-order valence-electron chi connectivity index (χ0n) is 8.70. The lowest BCUT2D eigenvalue weighted by molar-refractivity contribution is 0.0697. The number of fused-ring (bicyclic) bond motifs is 3. The molecule has 0 aliphatic rings. The molecule has 2 N–H and O–H groups in total. The van der Waals surface area contributed by atoms with Crippen molar-refractivity contribution >= 4 is 39.4 Å². The van der Waals surface area contributed by atoms with Gasteiger partial charge in [-0.2, -0.15) is 0 Å². The van der Waals surface area contributed by atoms with E-state index in [0.29, 0.717) is 5.02 Å². The molecular weight excluding hydrogens is 238 g/mol. The first kappa shape index (κ1) is 10.2. The third-order valence-electron chi connectivity index (χ3n) is 2.81. The van der Waals surface area contributed by atoms with Crippen LogP contribution >= 0.6 is 11.6 Å². The van der Waals surface area contributed by atoms with Crippen molar-refractivity contribution in [1.29, 1.82) is 0 Å². The molecule has 1 heterocycles. The molecule has 3 rings (SSSR count). The van der Waals surface area contributed by atoms with Crippen LogP contribution < -0.4 is 0 Å². The van der Waals surface area contributed by atoms with Crippen LogP contribution in [0.15, 0.2) is 36.4 Å². The van der Waals surface area contributed by atoms with E-state index in [4.69, 9.17) is 16.7 Å². The van der Waals surface area contributed by atoms with E-state index in [0.717, 1.165) is 21.8 Å². The molecule has 17 heavy (non-hydrogen) atoms. The second kappa shape index (κ2) is 3.50. The number of rotatable bonds is 1. The molecule has 0 spiro atoms. The summed E-state index contributed by atoms with van der Waals surface area (Å²) >= 11 is 5.95. The average Bonchev–Trinajstić information content (AvgIpc) is 2.66. The molecule has 0 unspecified atom stereocenters. The maximum Gasteiger partial charge on any atom is 0.335 e. The summed E-state index contributed by atoms with van der Waals surface area (Å²) in [5.41, 5.74) is 2.14. The average molecular weight is 246 g/mol. The van der Waals surface area contributed by atoms with Crippen LogP contribution in [0.5, 0.6) is 0 Å². The summed E-state index contributed by atoms with van der Waals surface area (Å²) in [6.45, 7) is 0. The Bertz CT molecular complexity index is 746. The van der Waals surface area contributed by atoms with Crippen molar-refractivity contribution < 1.29 is 9.90 Å². The molecule has 0 saturated carbocycles. The third kappa shape index (κ3) is 1.56. The lowest BCUT2D eigenvalue weighted by Gasteiger charge is -1.95. The second-order valence-electron chi connectivity index (χ2n) is 3.88. The Kier molecular flexibility index (Phi) is 2.09. The van der Waals surface area contributed by atoms with Crippen LogP contribution in [0.1, 0.15) is 10.4 Å². The monoisotopic (exact) mass is 245 g/mol. The van der Waals surface area contributed by atoms with E-state index in [1.54, 1.807) is 24.3 Å². The van der Waals surface area contributed by atoms with Crippen molar-refractivity contribution in [2.24, 2.45) is 0 Å². The SMILES string of the molecule is O=C(O)c1ccc2[nH]c3ccc(Cl)cc3c2c1. The van der Waals surface area contributed by atoms with Crippen molar-refractivity contribution in [3.8, 4) is 0 Å². The molecule has 0 radical (unpaired) electrons. The molecule has 0 aliphatic carbocycles. The first-order valence-electron chi connectivity index (χ1n) is 5.09. The summed E-state index contributed by atoms with van der Waals surface area (Å²) in [4.78, 5) is 14.2. The van der Waals surface area contributed by atoms with E-state index in [1.807, 2.05) is 12.1 Å². The van der Waals surface area contributed by atoms with Gasteiger partial charge in [-0.3, -0.25) is 0 Å². The highest BCUT2D eigenvalue weighted by Gasteiger charge is 2.08. The van der Waals surface area contributed by atoms with Crippen LogP contribution in [0, 0.1) is 0 Å². The van der Waals surface area contributed by atoms with Gasteiger partial charge in [-0.1, -0.05) is 11.6 Å². The number of benzene rings is 2. The summed E-state index contributed by atoms with van der Waals surface area (Å²) in [6, 6.07) is 10.5. The Morgan fingerprint density at radius 3 is 2.41 bits per heavy atom. The molecule has 1 aromatic heterocycles. The van der Waals surface area contributed by atoms with E-state index < -0.39 is 5.97 Å². The maximum atomic E-state index is 10.9. The van der Waals surface area contributed by atoms with Gasteiger partial charge in [0.1, 0.15) is 0 Å². The highest BCUT2D eigenvalue weighted by atomic mass is 35.5. The van der Waals surface area contributed by atoms with Gasteiger partial charge in [0.05, 0.1) is 5.56 Å². The van der Waals surface area contributed by atoms with Crippen molar-refractivity contribution in [1.82, 2.24) is 4.98 Å². The second-order valence-corrected chi connectivity index (χ2v) is 4.32. The fourth-order valence-corrected chi connectivity index (χ4v) is 2.17. The molecular formula is C13H8ClNO2. The Morgan fingerprint density at radius 2 is 1.71 bits per heavy atom. The minimum atomic E-state index is -0.928. The number of H-pyrrole nitrogens is 1. The molecule has 0 atom stereocenters. The number of carboxylic acids is 1. The Morgan fingerprint density at radius 1 is 1.06 bits per heavy atom. The van der Waals surface area contributed by atoms with Crippen molar-refractivity contribution in [3.63, 3.8) is 0 Å². The molecule has 2 aromatic carbocycles. The van der Waals surface area contributed by atoms with E-state index in [-0.39, 0.29) is 5.56 Å². The van der Waals surface area contributed by atoms with E-state index >= 15 is 0 Å². The molecule has 0 amide bonds. The zero-order valence-corrected chi connectivity index (χ0v) is 9.45. The maximum absolute atomic E-state index is 10.9. The van der Waals surface area contributed by atoms with E-state index in [2.05, 4.69) is 4.98 Å². The lowest BCUT2D eigenvalue weighted by atomic mass is 10.1. The van der Waals surface area contributed by atoms with Crippen LogP contribution in [-0.4, -0.2) is 16.1 Å². The van der Waals surface area contributed by atoms with Gasteiger partial charge < -0.3 is 10.1 Å². The van der Waals surface area contributed by atoms with Crippen LogP contribution in [0.25, 0.3) is 21.8 Å². The number of hydrogen-bond donors (Lipinski definition) is 2. The summed E-state index contributed by atoms with van der Waals surface area (Å²) < 4.78 is 0. The number of nitrogens with one attached hydrogen (secondary N) is 1.